The second-order valence-corrected chi connectivity index (χ2v) is 5.28. The number of carbonyl (C=O) groups is 1. The third-order valence-corrected chi connectivity index (χ3v) is 3.03. The first-order chi connectivity index (χ1) is 9.43. The van der Waals surface area contributed by atoms with Crippen molar-refractivity contribution in [3.8, 4) is 5.75 Å². The number of rotatable bonds is 6. The van der Waals surface area contributed by atoms with E-state index in [4.69, 9.17) is 4.74 Å². The number of amides is 2. The molecule has 0 unspecified atom stereocenters. The molecule has 0 bridgehead atoms. The lowest BCUT2D eigenvalue weighted by Gasteiger charge is -2.14. The molecule has 0 aliphatic heterocycles. The number of benzene rings is 1. The van der Waals surface area contributed by atoms with Gasteiger partial charge in [-0.05, 0) is 63.8 Å². The van der Waals surface area contributed by atoms with Gasteiger partial charge in [-0.3, -0.25) is 0 Å². The minimum atomic E-state index is -0.111. The van der Waals surface area contributed by atoms with Gasteiger partial charge < -0.3 is 15.4 Å². The summed E-state index contributed by atoms with van der Waals surface area (Å²) in [6.45, 7) is 11.3. The molecular weight excluding hydrogens is 252 g/mol. The standard InChI is InChI=1S/C16H26N2O2/c1-6-20-15-10-12(4)14(9-13(15)5)7-8-17-16(19)18-11(2)3/h9-11H,6-8H2,1-5H3,(H2,17,18,19). The van der Waals surface area contributed by atoms with Crippen LogP contribution in [0.3, 0.4) is 0 Å². The van der Waals surface area contributed by atoms with Crippen LogP contribution in [0.4, 0.5) is 4.79 Å². The molecule has 0 saturated heterocycles. The Hall–Kier alpha value is -1.71. The van der Waals surface area contributed by atoms with Crippen LogP contribution in [0.15, 0.2) is 12.1 Å². The van der Waals surface area contributed by atoms with Crippen LogP contribution in [0.25, 0.3) is 0 Å². The molecule has 112 valence electrons. The van der Waals surface area contributed by atoms with Crippen LogP contribution in [-0.4, -0.2) is 25.2 Å². The molecule has 1 rings (SSSR count). The van der Waals surface area contributed by atoms with Crippen molar-refractivity contribution < 1.29 is 9.53 Å². The lowest BCUT2D eigenvalue weighted by Crippen LogP contribution is -2.40. The molecular formula is C16H26N2O2. The fraction of sp³-hybridized carbons (Fsp3) is 0.562. The predicted molar refractivity (Wildman–Crippen MR) is 82.5 cm³/mol. The smallest absolute Gasteiger partial charge is 0.314 e. The van der Waals surface area contributed by atoms with E-state index in [1.807, 2.05) is 27.7 Å². The molecule has 20 heavy (non-hydrogen) atoms. The van der Waals surface area contributed by atoms with Gasteiger partial charge in [-0.25, -0.2) is 4.79 Å². The maximum Gasteiger partial charge on any atom is 0.314 e. The van der Waals surface area contributed by atoms with E-state index in [1.165, 1.54) is 11.1 Å². The normalized spacial score (nSPS) is 10.5. The van der Waals surface area contributed by atoms with Gasteiger partial charge in [0, 0.05) is 12.6 Å². The molecule has 2 amide bonds. The van der Waals surface area contributed by atoms with Gasteiger partial charge >= 0.3 is 6.03 Å². The molecule has 0 atom stereocenters. The zero-order chi connectivity index (χ0) is 15.1. The van der Waals surface area contributed by atoms with Crippen LogP contribution >= 0.6 is 0 Å². The maximum absolute atomic E-state index is 11.5. The second kappa shape index (κ2) is 7.78. The van der Waals surface area contributed by atoms with E-state index in [-0.39, 0.29) is 12.1 Å². The first-order valence-corrected chi connectivity index (χ1v) is 7.21. The van der Waals surface area contributed by atoms with Crippen molar-refractivity contribution in [1.82, 2.24) is 10.6 Å². The molecule has 0 heterocycles. The van der Waals surface area contributed by atoms with Crippen LogP contribution in [0.1, 0.15) is 37.5 Å². The summed E-state index contributed by atoms with van der Waals surface area (Å²) in [7, 11) is 0. The number of ether oxygens (including phenoxy) is 1. The van der Waals surface area contributed by atoms with Gasteiger partial charge in [0.15, 0.2) is 0 Å². The molecule has 1 aromatic rings. The number of aryl methyl sites for hydroxylation is 2. The Labute approximate surface area is 121 Å². The van der Waals surface area contributed by atoms with E-state index in [0.29, 0.717) is 13.2 Å². The molecule has 0 saturated carbocycles. The molecule has 0 aliphatic carbocycles. The van der Waals surface area contributed by atoms with Gasteiger partial charge in [0.05, 0.1) is 6.61 Å². The zero-order valence-corrected chi connectivity index (χ0v) is 13.2. The first kappa shape index (κ1) is 16.3. The largest absolute Gasteiger partial charge is 0.494 e. The number of urea groups is 1. The highest BCUT2D eigenvalue weighted by Crippen LogP contribution is 2.23. The van der Waals surface area contributed by atoms with Gasteiger partial charge in [-0.2, -0.15) is 0 Å². The summed E-state index contributed by atoms with van der Waals surface area (Å²) in [5.41, 5.74) is 3.58. The summed E-state index contributed by atoms with van der Waals surface area (Å²) in [6.07, 6.45) is 0.824. The Morgan fingerprint density at radius 1 is 1.25 bits per heavy atom. The van der Waals surface area contributed by atoms with Crippen molar-refractivity contribution in [2.24, 2.45) is 0 Å². The molecule has 1 aromatic carbocycles. The van der Waals surface area contributed by atoms with Crippen LogP contribution in [0.5, 0.6) is 5.75 Å². The first-order valence-electron chi connectivity index (χ1n) is 7.21. The number of carbonyl (C=O) groups excluding carboxylic acids is 1. The van der Waals surface area contributed by atoms with Gasteiger partial charge in [0.1, 0.15) is 5.75 Å². The predicted octanol–water partition coefficient (Wildman–Crippen LogP) is 2.95. The highest BCUT2D eigenvalue weighted by Gasteiger charge is 2.06. The quantitative estimate of drug-likeness (QED) is 0.840. The number of hydrogen-bond donors (Lipinski definition) is 2. The van der Waals surface area contributed by atoms with Crippen LogP contribution in [-0.2, 0) is 6.42 Å². The summed E-state index contributed by atoms with van der Waals surface area (Å²) in [4.78, 5) is 11.5. The number of nitrogens with one attached hydrogen (secondary N) is 2. The highest BCUT2D eigenvalue weighted by molar-refractivity contribution is 5.74. The molecule has 0 aromatic heterocycles. The van der Waals surface area contributed by atoms with Crippen molar-refractivity contribution in [1.29, 1.82) is 0 Å². The molecule has 4 heteroatoms. The summed E-state index contributed by atoms with van der Waals surface area (Å²) < 4.78 is 5.58. The summed E-state index contributed by atoms with van der Waals surface area (Å²) in [6, 6.07) is 4.26. The van der Waals surface area contributed by atoms with Crippen molar-refractivity contribution in [2.75, 3.05) is 13.2 Å². The molecule has 2 N–H and O–H groups in total. The molecule has 0 spiro atoms. The van der Waals surface area contributed by atoms with Crippen LogP contribution in [0.2, 0.25) is 0 Å². The van der Waals surface area contributed by atoms with Crippen molar-refractivity contribution in [2.45, 2.75) is 47.1 Å². The summed E-state index contributed by atoms with van der Waals surface area (Å²) >= 11 is 0. The van der Waals surface area contributed by atoms with Crippen molar-refractivity contribution in [3.05, 3.63) is 28.8 Å². The van der Waals surface area contributed by atoms with E-state index in [9.17, 15) is 4.79 Å². The van der Waals surface area contributed by atoms with Crippen molar-refractivity contribution in [3.63, 3.8) is 0 Å². The highest BCUT2D eigenvalue weighted by atomic mass is 16.5. The third-order valence-electron chi connectivity index (χ3n) is 3.03. The minimum absolute atomic E-state index is 0.111. The second-order valence-electron chi connectivity index (χ2n) is 5.28. The average molecular weight is 278 g/mol. The average Bonchev–Trinajstić information content (AvgIpc) is 2.34. The van der Waals surface area contributed by atoms with E-state index >= 15 is 0 Å². The molecule has 0 radical (unpaired) electrons. The monoisotopic (exact) mass is 278 g/mol. The Morgan fingerprint density at radius 3 is 2.55 bits per heavy atom. The van der Waals surface area contributed by atoms with Gasteiger partial charge in [0.2, 0.25) is 0 Å². The van der Waals surface area contributed by atoms with Crippen molar-refractivity contribution >= 4 is 6.03 Å². The Morgan fingerprint density at radius 2 is 1.95 bits per heavy atom. The van der Waals surface area contributed by atoms with E-state index in [0.717, 1.165) is 17.7 Å². The minimum Gasteiger partial charge on any atom is -0.494 e. The molecule has 0 fully saturated rings. The Bertz CT molecular complexity index is 456. The van der Waals surface area contributed by atoms with E-state index in [1.54, 1.807) is 0 Å². The van der Waals surface area contributed by atoms with Gasteiger partial charge in [-0.15, -0.1) is 0 Å². The SMILES string of the molecule is CCOc1cc(C)c(CCNC(=O)NC(C)C)cc1C. The topological polar surface area (TPSA) is 50.4 Å². The lowest BCUT2D eigenvalue weighted by atomic mass is 10.0. The molecule has 0 aliphatic rings. The van der Waals surface area contributed by atoms with E-state index in [2.05, 4.69) is 29.7 Å². The van der Waals surface area contributed by atoms with Crippen LogP contribution < -0.4 is 15.4 Å². The lowest BCUT2D eigenvalue weighted by molar-refractivity contribution is 0.238. The zero-order valence-electron chi connectivity index (χ0n) is 13.2. The van der Waals surface area contributed by atoms with Crippen LogP contribution in [0, 0.1) is 13.8 Å². The summed E-state index contributed by atoms with van der Waals surface area (Å²) in [5.74, 6) is 0.944. The third kappa shape index (κ3) is 5.11. The molecule has 4 nitrogen and oxygen atoms in total. The Balaban J connectivity index is 2.56. The number of hydrogen-bond acceptors (Lipinski definition) is 2. The van der Waals surface area contributed by atoms with Gasteiger partial charge in [0.25, 0.3) is 0 Å². The van der Waals surface area contributed by atoms with E-state index < -0.39 is 0 Å². The fourth-order valence-corrected chi connectivity index (χ4v) is 2.05. The van der Waals surface area contributed by atoms with Gasteiger partial charge in [-0.1, -0.05) is 6.07 Å². The summed E-state index contributed by atoms with van der Waals surface area (Å²) in [5, 5.41) is 5.68. The fourth-order valence-electron chi connectivity index (χ4n) is 2.05. The maximum atomic E-state index is 11.5. The Kier molecular flexibility index (Phi) is 6.36.